The van der Waals surface area contributed by atoms with Gasteiger partial charge in [-0.3, -0.25) is 4.90 Å². The number of hydrogen-bond donors (Lipinski definition) is 1. The van der Waals surface area contributed by atoms with Gasteiger partial charge in [-0.05, 0) is 50.2 Å². The number of para-hydroxylation sites is 1. The van der Waals surface area contributed by atoms with Crippen molar-refractivity contribution < 1.29 is 5.11 Å². The topological polar surface area (TPSA) is 53.7 Å². The third kappa shape index (κ3) is 4.03. The molecule has 5 nitrogen and oxygen atoms in total. The quantitative estimate of drug-likeness (QED) is 0.838. The van der Waals surface area contributed by atoms with E-state index in [1.54, 1.807) is 11.8 Å². The number of benzene rings is 2. The lowest BCUT2D eigenvalue weighted by Gasteiger charge is -2.37. The first-order chi connectivity index (χ1) is 13.7. The van der Waals surface area contributed by atoms with E-state index in [-0.39, 0.29) is 6.23 Å². The minimum atomic E-state index is -0.352. The van der Waals surface area contributed by atoms with E-state index in [0.717, 1.165) is 51.4 Å². The van der Waals surface area contributed by atoms with Gasteiger partial charge in [0, 0.05) is 42.5 Å². The second-order valence-corrected chi connectivity index (χ2v) is 8.46. The standard InChI is InChI=1S/C22H26N4OS/c1-17(27)25-13-11-24(12-14-25)9-4-10-26-19-5-2-3-6-21(19)28-22-8-7-18(16-23)15-20(22)26/h2-3,5-8,15,17,27H,4,9-14H2,1H3. The Kier molecular flexibility index (Phi) is 5.88. The lowest BCUT2D eigenvalue weighted by molar-refractivity contribution is -0.0127. The van der Waals surface area contributed by atoms with Crippen molar-refractivity contribution in [3.05, 3.63) is 48.0 Å². The maximum absolute atomic E-state index is 9.71. The van der Waals surface area contributed by atoms with Crippen LogP contribution in [0.3, 0.4) is 0 Å². The lowest BCUT2D eigenvalue weighted by atomic mass is 10.1. The molecule has 4 rings (SSSR count). The fraction of sp³-hybridized carbons (Fsp3) is 0.409. The Morgan fingerprint density at radius 1 is 1.04 bits per heavy atom. The van der Waals surface area contributed by atoms with E-state index in [4.69, 9.17) is 0 Å². The third-order valence-corrected chi connectivity index (χ3v) is 6.68. The Bertz CT molecular complexity index is 871. The van der Waals surface area contributed by atoms with E-state index in [9.17, 15) is 10.4 Å². The predicted octanol–water partition coefficient (Wildman–Crippen LogP) is 3.51. The number of nitriles is 1. The molecule has 1 unspecified atom stereocenters. The number of rotatable bonds is 5. The van der Waals surface area contributed by atoms with Crippen molar-refractivity contribution in [1.82, 2.24) is 9.80 Å². The Morgan fingerprint density at radius 3 is 2.54 bits per heavy atom. The number of aliphatic hydroxyl groups excluding tert-OH is 1. The molecule has 1 saturated heterocycles. The van der Waals surface area contributed by atoms with E-state index in [2.05, 4.69) is 51.1 Å². The van der Waals surface area contributed by atoms with Crippen LogP contribution in [0.25, 0.3) is 0 Å². The molecular formula is C22H26N4OS. The molecule has 0 aliphatic carbocycles. The summed E-state index contributed by atoms with van der Waals surface area (Å²) in [5.74, 6) is 0. The summed E-state index contributed by atoms with van der Waals surface area (Å²) in [6.07, 6.45) is 0.708. The molecule has 0 amide bonds. The third-order valence-electron chi connectivity index (χ3n) is 5.55. The first kappa shape index (κ1) is 19.3. The average molecular weight is 395 g/mol. The first-order valence-corrected chi connectivity index (χ1v) is 10.7. The molecule has 146 valence electrons. The van der Waals surface area contributed by atoms with Gasteiger partial charge in [0.1, 0.15) is 6.23 Å². The zero-order valence-corrected chi connectivity index (χ0v) is 17.0. The van der Waals surface area contributed by atoms with Crippen LogP contribution in [0.15, 0.2) is 52.3 Å². The molecule has 2 aliphatic heterocycles. The predicted molar refractivity (Wildman–Crippen MR) is 113 cm³/mol. The molecule has 2 aromatic carbocycles. The molecule has 1 atom stereocenters. The van der Waals surface area contributed by atoms with Gasteiger partial charge in [0.05, 0.1) is 23.0 Å². The van der Waals surface area contributed by atoms with Crippen LogP contribution in [0.1, 0.15) is 18.9 Å². The summed E-state index contributed by atoms with van der Waals surface area (Å²) in [6.45, 7) is 7.68. The van der Waals surface area contributed by atoms with E-state index in [1.165, 1.54) is 15.5 Å². The summed E-state index contributed by atoms with van der Waals surface area (Å²) >= 11 is 1.78. The number of nitrogens with zero attached hydrogens (tertiary/aromatic N) is 4. The highest BCUT2D eigenvalue weighted by molar-refractivity contribution is 7.99. The van der Waals surface area contributed by atoms with Crippen molar-refractivity contribution in [1.29, 1.82) is 5.26 Å². The minimum Gasteiger partial charge on any atom is -0.379 e. The first-order valence-electron chi connectivity index (χ1n) is 9.89. The molecule has 2 heterocycles. The van der Waals surface area contributed by atoms with E-state index >= 15 is 0 Å². The second-order valence-electron chi connectivity index (χ2n) is 7.38. The normalized spacial score (nSPS) is 18.2. The molecule has 6 heteroatoms. The van der Waals surface area contributed by atoms with Crippen LogP contribution in [0.4, 0.5) is 11.4 Å². The van der Waals surface area contributed by atoms with Crippen LogP contribution in [0.2, 0.25) is 0 Å². The summed E-state index contributed by atoms with van der Waals surface area (Å²) in [4.78, 5) is 9.45. The highest BCUT2D eigenvalue weighted by atomic mass is 32.2. The fourth-order valence-electron chi connectivity index (χ4n) is 3.95. The van der Waals surface area contributed by atoms with Gasteiger partial charge in [0.25, 0.3) is 0 Å². The van der Waals surface area contributed by atoms with E-state index in [1.807, 2.05) is 19.1 Å². The largest absolute Gasteiger partial charge is 0.379 e. The van der Waals surface area contributed by atoms with Gasteiger partial charge in [-0.15, -0.1) is 0 Å². The van der Waals surface area contributed by atoms with Gasteiger partial charge < -0.3 is 14.9 Å². The van der Waals surface area contributed by atoms with Crippen molar-refractivity contribution in [2.75, 3.05) is 44.2 Å². The Labute approximate surface area is 171 Å². The highest BCUT2D eigenvalue weighted by Gasteiger charge is 2.24. The Balaban J connectivity index is 1.45. The molecule has 2 aromatic rings. The van der Waals surface area contributed by atoms with E-state index in [0.29, 0.717) is 5.56 Å². The van der Waals surface area contributed by atoms with Crippen LogP contribution in [-0.2, 0) is 0 Å². The maximum atomic E-state index is 9.71. The molecule has 1 fully saturated rings. The van der Waals surface area contributed by atoms with Gasteiger partial charge in [-0.2, -0.15) is 5.26 Å². The number of piperazine rings is 1. The van der Waals surface area contributed by atoms with Gasteiger partial charge in [0.2, 0.25) is 0 Å². The van der Waals surface area contributed by atoms with Gasteiger partial charge >= 0.3 is 0 Å². The molecule has 1 N–H and O–H groups in total. The van der Waals surface area contributed by atoms with Crippen molar-refractivity contribution in [2.45, 2.75) is 29.4 Å². The van der Waals surface area contributed by atoms with Crippen molar-refractivity contribution in [3.63, 3.8) is 0 Å². The minimum absolute atomic E-state index is 0.352. The highest BCUT2D eigenvalue weighted by Crippen LogP contribution is 2.48. The van der Waals surface area contributed by atoms with Crippen molar-refractivity contribution >= 4 is 23.1 Å². The molecule has 0 bridgehead atoms. The Morgan fingerprint density at radius 2 is 1.79 bits per heavy atom. The molecule has 0 aromatic heterocycles. The molecule has 2 aliphatic rings. The van der Waals surface area contributed by atoms with Crippen LogP contribution in [0.5, 0.6) is 0 Å². The summed E-state index contributed by atoms with van der Waals surface area (Å²) in [7, 11) is 0. The molecule has 0 radical (unpaired) electrons. The molecular weight excluding hydrogens is 368 g/mol. The second kappa shape index (κ2) is 8.54. The van der Waals surface area contributed by atoms with Crippen molar-refractivity contribution in [2.24, 2.45) is 0 Å². The smallest absolute Gasteiger partial charge is 0.104 e. The fourth-order valence-corrected chi connectivity index (χ4v) is 5.03. The lowest BCUT2D eigenvalue weighted by Crippen LogP contribution is -2.49. The zero-order chi connectivity index (χ0) is 19.5. The number of aliphatic hydroxyl groups is 1. The van der Waals surface area contributed by atoms with Gasteiger partial charge in [-0.25, -0.2) is 0 Å². The number of anilines is 2. The molecule has 28 heavy (non-hydrogen) atoms. The van der Waals surface area contributed by atoms with Crippen LogP contribution < -0.4 is 4.90 Å². The maximum Gasteiger partial charge on any atom is 0.104 e. The van der Waals surface area contributed by atoms with Crippen molar-refractivity contribution in [3.8, 4) is 6.07 Å². The van der Waals surface area contributed by atoms with Crippen LogP contribution in [0, 0.1) is 11.3 Å². The number of hydrogen-bond acceptors (Lipinski definition) is 6. The SMILES string of the molecule is CC(O)N1CCN(CCCN2c3ccccc3Sc3ccc(C#N)cc32)CC1. The molecule has 0 saturated carbocycles. The Hall–Kier alpha value is -2.04. The number of fused-ring (bicyclic) bond motifs is 2. The van der Waals surface area contributed by atoms with E-state index < -0.39 is 0 Å². The van der Waals surface area contributed by atoms with Gasteiger partial charge in [0.15, 0.2) is 0 Å². The zero-order valence-electron chi connectivity index (χ0n) is 16.2. The van der Waals surface area contributed by atoms with Crippen LogP contribution in [-0.4, -0.2) is 60.4 Å². The van der Waals surface area contributed by atoms with Crippen LogP contribution >= 0.6 is 11.8 Å². The molecule has 0 spiro atoms. The average Bonchev–Trinajstić information content (AvgIpc) is 2.73. The summed E-state index contributed by atoms with van der Waals surface area (Å²) in [6, 6.07) is 16.8. The monoisotopic (exact) mass is 394 g/mol. The van der Waals surface area contributed by atoms with Gasteiger partial charge in [-0.1, -0.05) is 23.9 Å². The summed E-state index contributed by atoms with van der Waals surface area (Å²) in [5, 5.41) is 19.0. The summed E-state index contributed by atoms with van der Waals surface area (Å²) in [5.41, 5.74) is 3.08. The summed E-state index contributed by atoms with van der Waals surface area (Å²) < 4.78 is 0.